The highest BCUT2D eigenvalue weighted by atomic mass is 16.5. The number of rotatable bonds is 8. The molecule has 9 heteroatoms. The summed E-state index contributed by atoms with van der Waals surface area (Å²) in [7, 11) is 5.86. The summed E-state index contributed by atoms with van der Waals surface area (Å²) in [4.78, 5) is 33.7. The number of aromatic nitrogens is 4. The highest BCUT2D eigenvalue weighted by molar-refractivity contribution is 5.94. The molecule has 36 heavy (non-hydrogen) atoms. The van der Waals surface area contributed by atoms with E-state index >= 15 is 0 Å². The lowest BCUT2D eigenvalue weighted by Crippen LogP contribution is -2.32. The van der Waals surface area contributed by atoms with Crippen LogP contribution in [0.2, 0.25) is 0 Å². The molecule has 0 aliphatic carbocycles. The Hall–Kier alpha value is -3.82. The van der Waals surface area contributed by atoms with Crippen molar-refractivity contribution in [3.63, 3.8) is 0 Å². The first-order valence-corrected chi connectivity index (χ1v) is 12.1. The van der Waals surface area contributed by atoms with Gasteiger partial charge in [0, 0.05) is 31.0 Å². The summed E-state index contributed by atoms with van der Waals surface area (Å²) in [6.45, 7) is 3.35. The molecule has 0 amide bonds. The van der Waals surface area contributed by atoms with E-state index in [1.165, 1.54) is 12.0 Å². The molecular formula is C27H31N7O2. The lowest BCUT2D eigenvalue weighted by atomic mass is 10.1. The van der Waals surface area contributed by atoms with Gasteiger partial charge in [0.2, 0.25) is 5.88 Å². The van der Waals surface area contributed by atoms with Gasteiger partial charge in [-0.05, 0) is 68.7 Å². The van der Waals surface area contributed by atoms with E-state index in [9.17, 15) is 4.79 Å². The van der Waals surface area contributed by atoms with E-state index in [4.69, 9.17) is 9.72 Å². The Morgan fingerprint density at radius 2 is 1.97 bits per heavy atom. The van der Waals surface area contributed by atoms with Gasteiger partial charge in [0.15, 0.2) is 0 Å². The van der Waals surface area contributed by atoms with Gasteiger partial charge in [-0.2, -0.15) is 0 Å². The quantitative estimate of drug-likeness (QED) is 0.392. The van der Waals surface area contributed by atoms with Crippen LogP contribution in [0.4, 0.5) is 11.5 Å². The number of hydrogen-bond acceptors (Lipinski definition) is 8. The number of methoxy groups -OCH3 is 1. The molecule has 3 aromatic heterocycles. The van der Waals surface area contributed by atoms with Crippen molar-refractivity contribution in [2.45, 2.75) is 18.9 Å². The molecule has 1 atom stereocenters. The molecule has 1 fully saturated rings. The van der Waals surface area contributed by atoms with Gasteiger partial charge in [-0.25, -0.2) is 9.97 Å². The topological polar surface area (TPSA) is 99.3 Å². The van der Waals surface area contributed by atoms with Crippen molar-refractivity contribution in [1.82, 2.24) is 29.7 Å². The lowest BCUT2D eigenvalue weighted by Gasteiger charge is -2.20. The van der Waals surface area contributed by atoms with Crippen LogP contribution in [0.15, 0.2) is 59.8 Å². The van der Waals surface area contributed by atoms with Crippen LogP contribution in [-0.2, 0) is 6.42 Å². The van der Waals surface area contributed by atoms with Crippen molar-refractivity contribution in [2.24, 2.45) is 0 Å². The highest BCUT2D eigenvalue weighted by Crippen LogP contribution is 2.27. The van der Waals surface area contributed by atoms with E-state index < -0.39 is 0 Å². The fourth-order valence-corrected chi connectivity index (χ4v) is 4.62. The molecular weight excluding hydrogens is 454 g/mol. The number of likely N-dealkylation sites (tertiary alicyclic amines) is 1. The van der Waals surface area contributed by atoms with Gasteiger partial charge in [0.05, 0.1) is 30.6 Å². The average molecular weight is 486 g/mol. The molecule has 0 saturated carbocycles. The second-order valence-electron chi connectivity index (χ2n) is 9.35. The SMILES string of the molecule is COc1cncc(-c2cc3cc[nH]c(=O)c3c(Nc3ccc(CCN4CCC(N(C)C)C4)cc3)n2)n1. The Bertz CT molecular complexity index is 1400. The third-order valence-electron chi connectivity index (χ3n) is 6.75. The fourth-order valence-electron chi connectivity index (χ4n) is 4.62. The number of nitrogens with zero attached hydrogens (tertiary/aromatic N) is 5. The zero-order chi connectivity index (χ0) is 25.1. The molecule has 186 valence electrons. The van der Waals surface area contributed by atoms with Gasteiger partial charge in [-0.3, -0.25) is 9.78 Å². The second kappa shape index (κ2) is 10.4. The number of ether oxygens (including phenoxy) is 1. The zero-order valence-corrected chi connectivity index (χ0v) is 20.9. The molecule has 4 heterocycles. The third-order valence-corrected chi connectivity index (χ3v) is 6.75. The molecule has 4 aromatic rings. The van der Waals surface area contributed by atoms with Crippen LogP contribution in [0.3, 0.4) is 0 Å². The molecule has 1 aliphatic rings. The van der Waals surface area contributed by atoms with E-state index in [0.717, 1.165) is 37.1 Å². The summed E-state index contributed by atoms with van der Waals surface area (Å²) in [5.74, 6) is 0.866. The predicted molar refractivity (Wildman–Crippen MR) is 142 cm³/mol. The van der Waals surface area contributed by atoms with Crippen LogP contribution < -0.4 is 15.6 Å². The number of fused-ring (bicyclic) bond motifs is 1. The fraction of sp³-hybridized carbons (Fsp3) is 0.333. The molecule has 2 N–H and O–H groups in total. The molecule has 0 bridgehead atoms. The molecule has 1 unspecified atom stereocenters. The summed E-state index contributed by atoms with van der Waals surface area (Å²) in [6, 6.07) is 12.7. The summed E-state index contributed by atoms with van der Waals surface area (Å²) in [5, 5.41) is 4.59. The zero-order valence-electron chi connectivity index (χ0n) is 20.9. The maximum atomic E-state index is 12.7. The summed E-state index contributed by atoms with van der Waals surface area (Å²) in [5.41, 5.74) is 3.10. The van der Waals surface area contributed by atoms with Crippen LogP contribution in [0.1, 0.15) is 12.0 Å². The van der Waals surface area contributed by atoms with Gasteiger partial charge in [-0.15, -0.1) is 0 Å². The Balaban J connectivity index is 1.36. The maximum Gasteiger partial charge on any atom is 0.259 e. The highest BCUT2D eigenvalue weighted by Gasteiger charge is 2.23. The molecule has 1 aromatic carbocycles. The lowest BCUT2D eigenvalue weighted by molar-refractivity contribution is 0.270. The summed E-state index contributed by atoms with van der Waals surface area (Å²) in [6.07, 6.45) is 7.04. The number of pyridine rings is 2. The minimum atomic E-state index is -0.205. The van der Waals surface area contributed by atoms with Gasteiger partial charge >= 0.3 is 0 Å². The number of H-pyrrole nitrogens is 1. The van der Waals surface area contributed by atoms with Crippen LogP contribution in [0, 0.1) is 0 Å². The normalized spacial score (nSPS) is 16.1. The maximum absolute atomic E-state index is 12.7. The van der Waals surface area contributed by atoms with Crippen LogP contribution in [0.5, 0.6) is 5.88 Å². The van der Waals surface area contributed by atoms with Crippen molar-refractivity contribution in [1.29, 1.82) is 0 Å². The monoisotopic (exact) mass is 485 g/mol. The Morgan fingerprint density at radius 3 is 2.72 bits per heavy atom. The third kappa shape index (κ3) is 5.22. The largest absolute Gasteiger partial charge is 0.480 e. The van der Waals surface area contributed by atoms with E-state index in [2.05, 4.69) is 56.3 Å². The Morgan fingerprint density at radius 1 is 1.14 bits per heavy atom. The smallest absolute Gasteiger partial charge is 0.259 e. The molecule has 9 nitrogen and oxygen atoms in total. The van der Waals surface area contributed by atoms with Gasteiger partial charge in [0.25, 0.3) is 5.56 Å². The van der Waals surface area contributed by atoms with Crippen LogP contribution in [0.25, 0.3) is 22.2 Å². The van der Waals surface area contributed by atoms with E-state index in [0.29, 0.717) is 34.5 Å². The number of anilines is 2. The molecule has 0 spiro atoms. The van der Waals surface area contributed by atoms with Crippen molar-refractivity contribution < 1.29 is 4.74 Å². The first kappa shape index (κ1) is 23.9. The average Bonchev–Trinajstić information content (AvgIpc) is 3.38. The molecule has 0 radical (unpaired) electrons. The Kier molecular flexibility index (Phi) is 6.92. The van der Waals surface area contributed by atoms with Crippen LogP contribution in [-0.4, -0.2) is 76.6 Å². The molecule has 1 saturated heterocycles. The van der Waals surface area contributed by atoms with Crippen molar-refractivity contribution >= 4 is 22.3 Å². The second-order valence-corrected chi connectivity index (χ2v) is 9.35. The minimum absolute atomic E-state index is 0.205. The predicted octanol–water partition coefficient (Wildman–Crippen LogP) is 3.31. The van der Waals surface area contributed by atoms with E-state index in [1.807, 2.05) is 24.3 Å². The number of likely N-dealkylation sites (N-methyl/N-ethyl adjacent to an activating group) is 1. The molecule has 1 aliphatic heterocycles. The van der Waals surface area contributed by atoms with Crippen molar-refractivity contribution in [3.8, 4) is 17.3 Å². The minimum Gasteiger partial charge on any atom is -0.480 e. The first-order chi connectivity index (χ1) is 17.5. The summed E-state index contributed by atoms with van der Waals surface area (Å²) >= 11 is 0. The number of benzene rings is 1. The standard InChI is InChI=1S/C27H31N7O2/c1-33(2)21-10-13-34(17-21)12-9-18-4-6-20(7-5-18)30-26-25-19(8-11-29-27(25)35)14-22(32-26)23-15-28-16-24(31-23)36-3/h4-8,11,14-16,21H,9-10,12-13,17H2,1-3H3,(H,29,35)(H,30,32). The van der Waals surface area contributed by atoms with E-state index in [-0.39, 0.29) is 5.56 Å². The van der Waals surface area contributed by atoms with E-state index in [1.54, 1.807) is 25.7 Å². The van der Waals surface area contributed by atoms with Gasteiger partial charge in [0.1, 0.15) is 11.5 Å². The van der Waals surface area contributed by atoms with Crippen molar-refractivity contribution in [2.75, 3.05) is 46.2 Å². The van der Waals surface area contributed by atoms with Crippen molar-refractivity contribution in [3.05, 3.63) is 70.9 Å². The number of aromatic amines is 1. The first-order valence-electron chi connectivity index (χ1n) is 12.1. The molecule has 5 rings (SSSR count). The Labute approximate surface area is 210 Å². The summed E-state index contributed by atoms with van der Waals surface area (Å²) < 4.78 is 5.21. The van der Waals surface area contributed by atoms with Crippen LogP contribution >= 0.6 is 0 Å². The number of nitrogens with one attached hydrogen (secondary N) is 2. The number of hydrogen-bond donors (Lipinski definition) is 2. The van der Waals surface area contributed by atoms with Gasteiger partial charge < -0.3 is 24.8 Å². The van der Waals surface area contributed by atoms with Gasteiger partial charge in [-0.1, -0.05) is 12.1 Å².